The Kier molecular flexibility index (Phi) is 9.26. The molecule has 0 unspecified atom stereocenters. The Balaban J connectivity index is 1.83. The van der Waals surface area contributed by atoms with Crippen molar-refractivity contribution < 1.29 is 58.2 Å². The molecule has 1 spiro atoms. The molecule has 2 heterocycles. The van der Waals surface area contributed by atoms with Gasteiger partial charge in [0.25, 0.3) is 0 Å². The first-order valence-corrected chi connectivity index (χ1v) is 14.3. The number of likely N-dealkylation sites (N-methyl/N-ethyl adjacent to an activating group) is 1. The number of hydrogen-bond acceptors (Lipinski definition) is 11. The number of aryl methyl sites for hydroxylation is 1. The summed E-state index contributed by atoms with van der Waals surface area (Å²) in [6, 6.07) is 1.46. The first-order valence-electron chi connectivity index (χ1n) is 14.3. The Morgan fingerprint density at radius 2 is 1.86 bits per heavy atom. The Morgan fingerprint density at radius 1 is 1.16 bits per heavy atom. The first-order chi connectivity index (χ1) is 20.7. The molecule has 3 aliphatic rings. The average molecular weight is 619 g/mol. The summed E-state index contributed by atoms with van der Waals surface area (Å²) in [5, 5.41) is 30.5. The number of amides is 1. The van der Waals surface area contributed by atoms with Crippen LogP contribution in [0.25, 0.3) is 0 Å². The molecule has 240 valence electrons. The molecule has 14 heteroatoms. The van der Waals surface area contributed by atoms with Gasteiger partial charge in [-0.05, 0) is 58.5 Å². The van der Waals surface area contributed by atoms with Crippen molar-refractivity contribution in [3.8, 4) is 11.5 Å². The third kappa shape index (κ3) is 5.59. The second kappa shape index (κ2) is 12.4. The summed E-state index contributed by atoms with van der Waals surface area (Å²) < 4.78 is 24.2. The van der Waals surface area contributed by atoms with Crippen LogP contribution in [0.1, 0.15) is 57.1 Å². The van der Waals surface area contributed by atoms with Gasteiger partial charge in [0.2, 0.25) is 5.91 Å². The predicted molar refractivity (Wildman–Crippen MR) is 151 cm³/mol. The molecule has 1 fully saturated rings. The van der Waals surface area contributed by atoms with E-state index in [1.165, 1.54) is 14.0 Å². The maximum absolute atomic E-state index is 13.6. The molecule has 4 N–H and O–H groups in total. The van der Waals surface area contributed by atoms with Crippen molar-refractivity contribution in [1.29, 1.82) is 0 Å². The summed E-state index contributed by atoms with van der Waals surface area (Å²) in [5.74, 6) is -4.32. The number of nitrogens with zero attached hydrogens (tertiary/aromatic N) is 1. The highest BCUT2D eigenvalue weighted by Gasteiger charge is 2.72. The summed E-state index contributed by atoms with van der Waals surface area (Å²) >= 11 is 0. The number of rotatable bonds is 11. The van der Waals surface area contributed by atoms with Crippen molar-refractivity contribution >= 4 is 29.8 Å². The summed E-state index contributed by atoms with van der Waals surface area (Å²) in [6.45, 7) is 5.44. The minimum Gasteiger partial charge on any atom is -0.493 e. The van der Waals surface area contributed by atoms with Gasteiger partial charge in [-0.25, -0.2) is 4.79 Å². The van der Waals surface area contributed by atoms with E-state index in [0.29, 0.717) is 30.0 Å². The van der Waals surface area contributed by atoms with Gasteiger partial charge in [-0.15, -0.1) is 0 Å². The van der Waals surface area contributed by atoms with E-state index in [-0.39, 0.29) is 18.6 Å². The van der Waals surface area contributed by atoms with Gasteiger partial charge in [0.05, 0.1) is 31.8 Å². The average Bonchev–Trinajstić information content (AvgIpc) is 3.32. The lowest BCUT2D eigenvalue weighted by Gasteiger charge is -2.59. The molecule has 1 amide bonds. The van der Waals surface area contributed by atoms with Crippen LogP contribution in [0.15, 0.2) is 24.0 Å². The van der Waals surface area contributed by atoms with Gasteiger partial charge in [0.1, 0.15) is 23.5 Å². The quantitative estimate of drug-likeness (QED) is 0.257. The highest BCUT2D eigenvalue weighted by molar-refractivity contribution is 5.89. The molecule has 1 saturated heterocycles. The van der Waals surface area contributed by atoms with E-state index in [1.54, 1.807) is 12.1 Å². The zero-order chi connectivity index (χ0) is 32.6. The molecule has 1 aromatic rings. The summed E-state index contributed by atoms with van der Waals surface area (Å²) in [4.78, 5) is 63.4. The Hall–Kier alpha value is -4.17. The molecular weight excluding hydrogens is 580 g/mol. The number of nitrogens with one attached hydrogen (secondary N) is 1. The molecule has 0 saturated carbocycles. The van der Waals surface area contributed by atoms with Crippen molar-refractivity contribution in [3.05, 3.63) is 35.1 Å². The fourth-order valence-electron chi connectivity index (χ4n) is 6.64. The van der Waals surface area contributed by atoms with Crippen molar-refractivity contribution in [2.45, 2.75) is 88.2 Å². The molecule has 0 radical (unpaired) electrons. The van der Waals surface area contributed by atoms with Crippen molar-refractivity contribution in [1.82, 2.24) is 10.2 Å². The normalized spacial score (nSPS) is 26.8. The van der Waals surface area contributed by atoms with E-state index in [2.05, 4.69) is 5.32 Å². The van der Waals surface area contributed by atoms with Crippen LogP contribution in [0.4, 0.5) is 0 Å². The number of carboxylic acids is 2. The molecule has 1 aromatic carbocycles. The minimum atomic E-state index is -1.66. The fourth-order valence-corrected chi connectivity index (χ4v) is 6.64. The SMILES string of the molecule is COc1ccc(C)c2c1O[C@H]1C(OC(=O)CCC(=O)O)=CC[C@@]3(OC(=O)C[C@H](NC(=O)[C@H](C)O)C(=O)O)[C@@H](C)N(C)CC[C@]213. The standard InChI is InChI=1S/C30H38N2O12/c1-15-6-7-19(41-5)25-24(15)29-12-13-32(4)17(3)30(29,44-23(37)14-18(28(39)40)31-27(38)16(2)33)11-10-20(26(29)43-25)42-22(36)9-8-21(34)35/h6-7,10,16-18,26,33H,8-9,11-14H2,1-5H3,(H,31,38)(H,34,35)(H,39,40)/t16-,17+,18-,26-,29-,30+/m0/s1. The number of benzene rings is 1. The van der Waals surface area contributed by atoms with Crippen molar-refractivity contribution in [3.63, 3.8) is 0 Å². The number of piperidine rings is 1. The number of aliphatic hydroxyl groups is 1. The number of fused-ring (bicyclic) bond motifs is 1. The monoisotopic (exact) mass is 618 g/mol. The molecule has 0 aromatic heterocycles. The molecular formula is C30H38N2O12. The molecule has 0 bridgehead atoms. The van der Waals surface area contributed by atoms with Crippen molar-refractivity contribution in [2.75, 3.05) is 20.7 Å². The van der Waals surface area contributed by atoms with E-state index in [9.17, 15) is 34.2 Å². The number of esters is 2. The van der Waals surface area contributed by atoms with Crippen LogP contribution in [-0.4, -0.2) is 101 Å². The van der Waals surface area contributed by atoms with Crippen LogP contribution in [0.5, 0.6) is 11.5 Å². The van der Waals surface area contributed by atoms with Gasteiger partial charge in [-0.2, -0.15) is 0 Å². The van der Waals surface area contributed by atoms with Gasteiger partial charge in [0.15, 0.2) is 17.6 Å². The maximum atomic E-state index is 13.6. The van der Waals surface area contributed by atoms with Crippen LogP contribution in [0.3, 0.4) is 0 Å². The van der Waals surface area contributed by atoms with Gasteiger partial charge < -0.3 is 39.6 Å². The molecule has 14 nitrogen and oxygen atoms in total. The Labute approximate surface area is 253 Å². The van der Waals surface area contributed by atoms with Gasteiger partial charge in [0, 0.05) is 18.0 Å². The Bertz CT molecular complexity index is 1390. The first kappa shape index (κ1) is 32.7. The Morgan fingerprint density at radius 3 is 2.48 bits per heavy atom. The zero-order valence-corrected chi connectivity index (χ0v) is 25.2. The third-order valence-electron chi connectivity index (χ3n) is 8.93. The van der Waals surface area contributed by atoms with Crippen LogP contribution in [0, 0.1) is 6.92 Å². The second-order valence-electron chi connectivity index (χ2n) is 11.5. The smallest absolute Gasteiger partial charge is 0.326 e. The molecule has 4 rings (SSSR count). The molecule has 2 aliphatic heterocycles. The molecule has 1 aliphatic carbocycles. The molecule has 44 heavy (non-hydrogen) atoms. The fraction of sp³-hybridized carbons (Fsp3) is 0.567. The summed E-state index contributed by atoms with van der Waals surface area (Å²) in [7, 11) is 3.35. The van der Waals surface area contributed by atoms with E-state index < -0.39 is 77.9 Å². The lowest BCUT2D eigenvalue weighted by Crippen LogP contribution is -2.73. The number of carbonyl (C=O) groups excluding carboxylic acids is 3. The second-order valence-corrected chi connectivity index (χ2v) is 11.5. The van der Waals surface area contributed by atoms with Gasteiger partial charge in [-0.1, -0.05) is 6.07 Å². The van der Waals surface area contributed by atoms with Crippen LogP contribution in [0.2, 0.25) is 0 Å². The maximum Gasteiger partial charge on any atom is 0.326 e. The number of carbonyl (C=O) groups is 5. The number of likely N-dealkylation sites (tertiary alicyclic amines) is 1. The lowest BCUT2D eigenvalue weighted by atomic mass is 9.54. The largest absolute Gasteiger partial charge is 0.493 e. The number of carboxylic acid groups (broad SMARTS) is 2. The van der Waals surface area contributed by atoms with Crippen LogP contribution >= 0.6 is 0 Å². The van der Waals surface area contributed by atoms with Gasteiger partial charge in [-0.3, -0.25) is 24.1 Å². The predicted octanol–water partition coefficient (Wildman–Crippen LogP) is 1.04. The summed E-state index contributed by atoms with van der Waals surface area (Å²) in [5.41, 5.74) is -1.02. The minimum absolute atomic E-state index is 0.0412. The van der Waals surface area contributed by atoms with E-state index in [4.69, 9.17) is 24.1 Å². The lowest BCUT2D eigenvalue weighted by molar-refractivity contribution is -0.202. The number of hydrogen-bond donors (Lipinski definition) is 4. The number of methoxy groups -OCH3 is 1. The zero-order valence-electron chi connectivity index (χ0n) is 25.2. The van der Waals surface area contributed by atoms with Crippen molar-refractivity contribution in [2.24, 2.45) is 0 Å². The topological polar surface area (TPSA) is 198 Å². The summed E-state index contributed by atoms with van der Waals surface area (Å²) in [6.07, 6.45) is -1.99. The number of aliphatic hydroxyl groups excluding tert-OH is 1. The van der Waals surface area contributed by atoms with Crippen LogP contribution in [-0.2, 0) is 38.9 Å². The highest BCUT2D eigenvalue weighted by Crippen LogP contribution is 2.64. The molecule has 6 atom stereocenters. The van der Waals surface area contributed by atoms with E-state index in [0.717, 1.165) is 5.56 Å². The third-order valence-corrected chi connectivity index (χ3v) is 8.93. The van der Waals surface area contributed by atoms with Crippen LogP contribution < -0.4 is 14.8 Å². The van der Waals surface area contributed by atoms with E-state index >= 15 is 0 Å². The van der Waals surface area contributed by atoms with E-state index in [1.807, 2.05) is 31.9 Å². The number of aliphatic carboxylic acids is 2. The number of ether oxygens (including phenoxy) is 4. The van der Waals surface area contributed by atoms with Gasteiger partial charge >= 0.3 is 23.9 Å². The highest BCUT2D eigenvalue weighted by atomic mass is 16.6.